The Morgan fingerprint density at radius 3 is 2.09 bits per heavy atom. The van der Waals surface area contributed by atoms with Gasteiger partial charge in [0.2, 0.25) is 13.6 Å². The number of rotatable bonds is 10. The molecule has 0 unspecified atom stereocenters. The standard InChI is InChI=1S/C26H22O8/c1-4-24(27)32-15-31-23-8-7-18-13-20(6-5-19(18)14-23)26(29)34-22-11-9-21(10-12-22)30-16-33-25(28)17(2)3/h4-14H,1-2,15-16H2,3H3. The summed E-state index contributed by atoms with van der Waals surface area (Å²) in [7, 11) is 0. The van der Waals surface area contributed by atoms with Crippen LogP contribution in [0.15, 0.2) is 85.5 Å². The molecule has 0 aliphatic heterocycles. The Hall–Kier alpha value is -4.59. The van der Waals surface area contributed by atoms with E-state index in [-0.39, 0.29) is 19.2 Å². The van der Waals surface area contributed by atoms with Crippen molar-refractivity contribution >= 4 is 28.7 Å². The van der Waals surface area contributed by atoms with E-state index in [0.29, 0.717) is 22.8 Å². The summed E-state index contributed by atoms with van der Waals surface area (Å²) in [5, 5.41) is 1.64. The molecule has 0 saturated carbocycles. The lowest BCUT2D eigenvalue weighted by Gasteiger charge is -2.09. The van der Waals surface area contributed by atoms with Gasteiger partial charge in [0, 0.05) is 11.6 Å². The monoisotopic (exact) mass is 462 g/mol. The molecule has 8 heteroatoms. The Morgan fingerprint density at radius 2 is 1.38 bits per heavy atom. The zero-order chi connectivity index (χ0) is 24.5. The lowest BCUT2D eigenvalue weighted by Crippen LogP contribution is -2.11. The second-order valence-corrected chi connectivity index (χ2v) is 6.99. The highest BCUT2D eigenvalue weighted by molar-refractivity contribution is 5.96. The summed E-state index contributed by atoms with van der Waals surface area (Å²) in [6.07, 6.45) is 1.05. The summed E-state index contributed by atoms with van der Waals surface area (Å²) in [6.45, 7) is 7.85. The molecular formula is C26H22O8. The Labute approximate surface area is 195 Å². The normalized spacial score (nSPS) is 10.1. The highest BCUT2D eigenvalue weighted by Gasteiger charge is 2.11. The lowest BCUT2D eigenvalue weighted by atomic mass is 10.1. The van der Waals surface area contributed by atoms with E-state index in [1.54, 1.807) is 67.6 Å². The quantitative estimate of drug-likeness (QED) is 0.187. The highest BCUT2D eigenvalue weighted by Crippen LogP contribution is 2.24. The van der Waals surface area contributed by atoms with Crippen molar-refractivity contribution in [2.24, 2.45) is 0 Å². The van der Waals surface area contributed by atoms with E-state index in [1.807, 2.05) is 0 Å². The Balaban J connectivity index is 1.57. The molecule has 0 saturated heterocycles. The molecule has 8 nitrogen and oxygen atoms in total. The topological polar surface area (TPSA) is 97.4 Å². The Kier molecular flexibility index (Phi) is 8.02. The molecule has 174 valence electrons. The number of benzene rings is 3. The molecule has 3 aromatic rings. The average molecular weight is 462 g/mol. The second kappa shape index (κ2) is 11.3. The van der Waals surface area contributed by atoms with Crippen LogP contribution in [0.2, 0.25) is 0 Å². The molecule has 0 heterocycles. The van der Waals surface area contributed by atoms with Crippen LogP contribution in [0, 0.1) is 0 Å². The summed E-state index contributed by atoms with van der Waals surface area (Å²) in [5.41, 5.74) is 0.646. The number of hydrogen-bond acceptors (Lipinski definition) is 8. The van der Waals surface area contributed by atoms with Gasteiger partial charge in [0.15, 0.2) is 0 Å². The SMILES string of the molecule is C=CC(=O)OCOc1ccc2cc(C(=O)Oc3ccc(OCOC(=O)C(=C)C)cc3)ccc2c1. The van der Waals surface area contributed by atoms with Gasteiger partial charge in [-0.2, -0.15) is 0 Å². The van der Waals surface area contributed by atoms with Crippen LogP contribution in [-0.4, -0.2) is 31.5 Å². The van der Waals surface area contributed by atoms with Crippen LogP contribution in [0.3, 0.4) is 0 Å². The number of hydrogen-bond donors (Lipinski definition) is 0. The van der Waals surface area contributed by atoms with Gasteiger partial charge in [0.05, 0.1) is 5.56 Å². The van der Waals surface area contributed by atoms with Gasteiger partial charge in [0.25, 0.3) is 0 Å². The molecule has 0 aromatic heterocycles. The maximum absolute atomic E-state index is 12.6. The fraction of sp³-hybridized carbons (Fsp3) is 0.115. The minimum atomic E-state index is -0.574. The molecule has 3 aromatic carbocycles. The van der Waals surface area contributed by atoms with Gasteiger partial charge in [-0.3, -0.25) is 0 Å². The third-order valence-corrected chi connectivity index (χ3v) is 4.44. The maximum atomic E-state index is 12.6. The van der Waals surface area contributed by atoms with Crippen molar-refractivity contribution in [2.45, 2.75) is 6.92 Å². The first-order valence-electron chi connectivity index (χ1n) is 10.1. The van der Waals surface area contributed by atoms with Crippen LogP contribution in [0.1, 0.15) is 17.3 Å². The summed E-state index contributed by atoms with van der Waals surface area (Å²) in [5.74, 6) is -0.362. The first-order valence-corrected chi connectivity index (χ1v) is 10.1. The fourth-order valence-corrected chi connectivity index (χ4v) is 2.70. The van der Waals surface area contributed by atoms with Gasteiger partial charge in [-0.05, 0) is 66.2 Å². The van der Waals surface area contributed by atoms with Crippen molar-refractivity contribution in [1.29, 1.82) is 0 Å². The molecule has 0 atom stereocenters. The highest BCUT2D eigenvalue weighted by atomic mass is 16.7. The molecule has 0 aliphatic carbocycles. The number of ether oxygens (including phenoxy) is 5. The van der Waals surface area contributed by atoms with Gasteiger partial charge in [-0.15, -0.1) is 0 Å². The van der Waals surface area contributed by atoms with Gasteiger partial charge in [-0.25, -0.2) is 14.4 Å². The summed E-state index contributed by atoms with van der Waals surface area (Å²) in [6, 6.07) is 16.7. The third kappa shape index (κ3) is 6.70. The molecule has 34 heavy (non-hydrogen) atoms. The van der Waals surface area contributed by atoms with Crippen LogP contribution in [0.5, 0.6) is 17.2 Å². The van der Waals surface area contributed by atoms with Crippen molar-refractivity contribution in [2.75, 3.05) is 13.6 Å². The molecule has 0 spiro atoms. The molecule has 3 rings (SSSR count). The predicted molar refractivity (Wildman–Crippen MR) is 124 cm³/mol. The van der Waals surface area contributed by atoms with Gasteiger partial charge in [-0.1, -0.05) is 25.3 Å². The first kappa shape index (κ1) is 24.1. The predicted octanol–water partition coefficient (Wildman–Crippen LogP) is 4.58. The average Bonchev–Trinajstić information content (AvgIpc) is 2.84. The zero-order valence-corrected chi connectivity index (χ0v) is 18.4. The summed E-state index contributed by atoms with van der Waals surface area (Å²) in [4.78, 5) is 34.9. The fourth-order valence-electron chi connectivity index (χ4n) is 2.70. The van der Waals surface area contributed by atoms with E-state index in [4.69, 9.17) is 23.7 Å². The van der Waals surface area contributed by atoms with Crippen molar-refractivity contribution in [1.82, 2.24) is 0 Å². The minimum absolute atomic E-state index is 0.232. The van der Waals surface area contributed by atoms with Crippen LogP contribution in [0.25, 0.3) is 10.8 Å². The Bertz CT molecular complexity index is 1230. The molecule has 0 aliphatic rings. The van der Waals surface area contributed by atoms with Crippen molar-refractivity contribution < 1.29 is 38.1 Å². The van der Waals surface area contributed by atoms with Crippen LogP contribution in [-0.2, 0) is 19.1 Å². The lowest BCUT2D eigenvalue weighted by molar-refractivity contribution is -0.145. The molecular weight excluding hydrogens is 440 g/mol. The summed E-state index contributed by atoms with van der Waals surface area (Å²) < 4.78 is 25.7. The van der Waals surface area contributed by atoms with Crippen molar-refractivity contribution in [3.8, 4) is 17.2 Å². The molecule has 0 bridgehead atoms. The summed E-state index contributed by atoms with van der Waals surface area (Å²) >= 11 is 0. The number of esters is 3. The maximum Gasteiger partial charge on any atom is 0.343 e. The number of fused-ring (bicyclic) bond motifs is 1. The largest absolute Gasteiger partial charge is 0.457 e. The first-order chi connectivity index (χ1) is 16.4. The number of carbonyl (C=O) groups excluding carboxylic acids is 3. The minimum Gasteiger partial charge on any atom is -0.457 e. The molecule has 0 radical (unpaired) electrons. The Morgan fingerprint density at radius 1 is 0.794 bits per heavy atom. The molecule has 0 N–H and O–H groups in total. The smallest absolute Gasteiger partial charge is 0.343 e. The van der Waals surface area contributed by atoms with Crippen LogP contribution >= 0.6 is 0 Å². The van der Waals surface area contributed by atoms with E-state index in [9.17, 15) is 14.4 Å². The van der Waals surface area contributed by atoms with Gasteiger partial charge >= 0.3 is 17.9 Å². The van der Waals surface area contributed by atoms with Crippen LogP contribution < -0.4 is 14.2 Å². The molecule has 0 fully saturated rings. The van der Waals surface area contributed by atoms with E-state index in [0.717, 1.165) is 16.8 Å². The van der Waals surface area contributed by atoms with Crippen molar-refractivity contribution in [3.05, 3.63) is 91.0 Å². The van der Waals surface area contributed by atoms with Gasteiger partial charge < -0.3 is 23.7 Å². The zero-order valence-electron chi connectivity index (χ0n) is 18.4. The van der Waals surface area contributed by atoms with Gasteiger partial charge in [0.1, 0.15) is 17.2 Å². The van der Waals surface area contributed by atoms with E-state index in [1.165, 1.54) is 0 Å². The van der Waals surface area contributed by atoms with Crippen molar-refractivity contribution in [3.63, 3.8) is 0 Å². The van der Waals surface area contributed by atoms with E-state index in [2.05, 4.69) is 13.2 Å². The van der Waals surface area contributed by atoms with E-state index >= 15 is 0 Å². The van der Waals surface area contributed by atoms with Crippen LogP contribution in [0.4, 0.5) is 0 Å². The third-order valence-electron chi connectivity index (χ3n) is 4.44. The number of carbonyl (C=O) groups is 3. The molecule has 0 amide bonds. The second-order valence-electron chi connectivity index (χ2n) is 6.99. The van der Waals surface area contributed by atoms with E-state index < -0.39 is 17.9 Å².